The van der Waals surface area contributed by atoms with Crippen LogP contribution in [0.1, 0.15) is 40.5 Å². The molecule has 3 aliphatic heterocycles. The van der Waals surface area contributed by atoms with Gasteiger partial charge in [0.1, 0.15) is 6.23 Å². The second-order valence-electron chi connectivity index (χ2n) is 10.7. The molecule has 1 N–H and O–H groups in total. The Kier molecular flexibility index (Phi) is 6.80. The summed E-state index contributed by atoms with van der Waals surface area (Å²) in [5, 5.41) is 11.8. The summed E-state index contributed by atoms with van der Waals surface area (Å²) < 4.78 is 16.5. The van der Waals surface area contributed by atoms with Crippen molar-refractivity contribution in [3.63, 3.8) is 0 Å². The summed E-state index contributed by atoms with van der Waals surface area (Å²) in [5.41, 5.74) is 1.16. The lowest BCUT2D eigenvalue weighted by Gasteiger charge is -2.59. The number of allylic oxidation sites excluding steroid dienone is 5. The number of esters is 1. The molecular formula is C29H32N2O9. The van der Waals surface area contributed by atoms with Gasteiger partial charge < -0.3 is 19.3 Å². The van der Waals surface area contributed by atoms with Gasteiger partial charge in [0.15, 0.2) is 29.3 Å². The quantitative estimate of drug-likeness (QED) is 0.304. The van der Waals surface area contributed by atoms with Crippen molar-refractivity contribution in [3.8, 4) is 0 Å². The van der Waals surface area contributed by atoms with Crippen LogP contribution in [0.25, 0.3) is 0 Å². The van der Waals surface area contributed by atoms with Crippen molar-refractivity contribution in [3.05, 3.63) is 56.6 Å². The molecule has 0 aromatic heterocycles. The number of fused-ring (bicyclic) bond motifs is 5. The predicted molar refractivity (Wildman–Crippen MR) is 139 cm³/mol. The maximum atomic E-state index is 13.7. The van der Waals surface area contributed by atoms with Gasteiger partial charge in [-0.1, -0.05) is 6.08 Å². The van der Waals surface area contributed by atoms with Crippen LogP contribution in [0.4, 0.5) is 0 Å². The topological polar surface area (TPSA) is 140 Å². The first-order chi connectivity index (χ1) is 18.9. The van der Waals surface area contributed by atoms with E-state index in [1.807, 2.05) is 4.90 Å². The summed E-state index contributed by atoms with van der Waals surface area (Å²) in [6, 6.07) is -2.24. The average Bonchev–Trinajstić information content (AvgIpc) is 2.92. The van der Waals surface area contributed by atoms with Crippen LogP contribution < -0.4 is 0 Å². The number of aliphatic hydroxyl groups is 1. The average molecular weight is 553 g/mol. The number of likely N-dealkylation sites (N-methyl/N-ethyl adjacent to an activating group) is 1. The molecule has 5 rings (SSSR count). The molecule has 11 nitrogen and oxygen atoms in total. The Morgan fingerprint density at radius 2 is 1.38 bits per heavy atom. The molecule has 11 heteroatoms. The number of nitrogens with zero attached hydrogens (tertiary/aromatic N) is 2. The van der Waals surface area contributed by atoms with Crippen LogP contribution in [0.5, 0.6) is 0 Å². The summed E-state index contributed by atoms with van der Waals surface area (Å²) >= 11 is 0. The van der Waals surface area contributed by atoms with Crippen LogP contribution in [0, 0.1) is 0 Å². The van der Waals surface area contributed by atoms with Gasteiger partial charge in [-0.15, -0.1) is 0 Å². The number of ether oxygens (including phenoxy) is 3. The predicted octanol–water partition coefficient (Wildman–Crippen LogP) is 1.04. The lowest BCUT2D eigenvalue weighted by Crippen LogP contribution is -2.74. The molecule has 0 aromatic rings. The van der Waals surface area contributed by atoms with Crippen molar-refractivity contribution in [2.75, 3.05) is 21.3 Å². The largest absolute Gasteiger partial charge is 0.492 e. The van der Waals surface area contributed by atoms with Crippen molar-refractivity contribution < 1.29 is 43.3 Å². The Morgan fingerprint density at radius 3 is 1.90 bits per heavy atom. The van der Waals surface area contributed by atoms with Crippen molar-refractivity contribution in [2.45, 2.75) is 71.1 Å². The first-order valence-electron chi connectivity index (χ1n) is 13.1. The molecule has 3 heterocycles. The van der Waals surface area contributed by atoms with Crippen molar-refractivity contribution >= 4 is 29.1 Å². The number of ketones is 4. The SMILES string of the molecule is C/C=C(/C)C(=O)O[C@H]1C2=C(C[C@H]3[C@H]4C5=C(C[C@@H]([C@H](O)N13)N4C)C(=O)C(C)=C(OC)C5=O)C(=O)C(C)=C(OC)C2=O. The van der Waals surface area contributed by atoms with E-state index in [9.17, 15) is 29.1 Å². The molecule has 0 radical (unpaired) electrons. The Bertz CT molecular complexity index is 1440. The third kappa shape index (κ3) is 3.64. The molecule has 1 fully saturated rings. The highest BCUT2D eigenvalue weighted by atomic mass is 16.6. The Labute approximate surface area is 231 Å². The Morgan fingerprint density at radius 1 is 0.875 bits per heavy atom. The number of hydrogen-bond acceptors (Lipinski definition) is 11. The van der Waals surface area contributed by atoms with Gasteiger partial charge in [-0.3, -0.25) is 24.1 Å². The number of carbonyl (C=O) groups is 5. The number of carbonyl (C=O) groups excluding carboxylic acids is 5. The minimum Gasteiger partial charge on any atom is -0.492 e. The monoisotopic (exact) mass is 552 g/mol. The number of aliphatic hydroxyl groups excluding tert-OH is 1. The van der Waals surface area contributed by atoms with Gasteiger partial charge in [-0.05, 0) is 47.6 Å². The molecule has 212 valence electrons. The standard InChI is InChI=1S/C29H32N2O9/c1-8-11(2)29(37)40-28-19-15(22(33)13(4)26(39-7)24(19)35)9-16-20-18-14(10-17(30(20)5)27(36)31(16)28)21(32)12(3)25(38-6)23(18)34/h8,16-17,20,27-28,36H,9-10H2,1-7H3/b11-8-/t16-,17-,20-,27-,28-/m0/s1. The van der Waals surface area contributed by atoms with E-state index in [2.05, 4.69) is 0 Å². The minimum absolute atomic E-state index is 0.0348. The third-order valence-electron chi connectivity index (χ3n) is 8.84. The van der Waals surface area contributed by atoms with Gasteiger partial charge >= 0.3 is 5.97 Å². The molecule has 2 bridgehead atoms. The van der Waals surface area contributed by atoms with E-state index >= 15 is 0 Å². The van der Waals surface area contributed by atoms with Crippen LogP contribution in [0.15, 0.2) is 56.6 Å². The molecule has 1 saturated heterocycles. The second kappa shape index (κ2) is 9.76. The fraction of sp³-hybridized carbons (Fsp3) is 0.483. The van der Waals surface area contributed by atoms with Gasteiger partial charge in [0.25, 0.3) is 0 Å². The zero-order valence-electron chi connectivity index (χ0n) is 23.5. The van der Waals surface area contributed by atoms with Gasteiger partial charge in [-0.25, -0.2) is 9.69 Å². The summed E-state index contributed by atoms with van der Waals surface area (Å²) in [7, 11) is 4.35. The molecule has 40 heavy (non-hydrogen) atoms. The molecule has 0 aromatic carbocycles. The Hall–Kier alpha value is -3.67. The number of Topliss-reactive ketones (excluding diaryl/α,β-unsaturated/α-hetero) is 4. The number of hydrogen-bond donors (Lipinski definition) is 1. The zero-order chi connectivity index (χ0) is 29.4. The van der Waals surface area contributed by atoms with E-state index < -0.39 is 53.9 Å². The third-order valence-corrected chi connectivity index (χ3v) is 8.84. The number of piperazine rings is 1. The fourth-order valence-corrected chi connectivity index (χ4v) is 6.65. The summed E-state index contributed by atoms with van der Waals surface area (Å²) in [5.74, 6) is -2.76. The van der Waals surface area contributed by atoms with E-state index in [1.165, 1.54) is 33.0 Å². The second-order valence-corrected chi connectivity index (χ2v) is 10.7. The van der Waals surface area contributed by atoms with E-state index in [4.69, 9.17) is 14.2 Å². The van der Waals surface area contributed by atoms with Gasteiger partial charge in [-0.2, -0.15) is 0 Å². The highest BCUT2D eigenvalue weighted by molar-refractivity contribution is 6.26. The summed E-state index contributed by atoms with van der Waals surface area (Å²) in [4.78, 5) is 70.7. The lowest BCUT2D eigenvalue weighted by molar-refractivity contribution is -0.207. The van der Waals surface area contributed by atoms with E-state index in [0.717, 1.165) is 0 Å². The van der Waals surface area contributed by atoms with Gasteiger partial charge in [0.05, 0.1) is 31.9 Å². The van der Waals surface area contributed by atoms with E-state index in [-0.39, 0.29) is 63.6 Å². The van der Waals surface area contributed by atoms with Crippen molar-refractivity contribution in [1.29, 1.82) is 0 Å². The molecule has 0 amide bonds. The lowest BCUT2D eigenvalue weighted by atomic mass is 9.69. The van der Waals surface area contributed by atoms with Crippen LogP contribution in [0.2, 0.25) is 0 Å². The number of methoxy groups -OCH3 is 2. The smallest absolute Gasteiger partial charge is 0.335 e. The van der Waals surface area contributed by atoms with Crippen molar-refractivity contribution in [2.24, 2.45) is 0 Å². The maximum Gasteiger partial charge on any atom is 0.335 e. The van der Waals surface area contributed by atoms with E-state index in [1.54, 1.807) is 27.0 Å². The molecule has 2 aliphatic carbocycles. The first-order valence-corrected chi connectivity index (χ1v) is 13.1. The zero-order valence-corrected chi connectivity index (χ0v) is 23.5. The van der Waals surface area contributed by atoms with Gasteiger partial charge in [0.2, 0.25) is 11.6 Å². The molecule has 5 aliphatic rings. The minimum atomic E-state index is -1.43. The summed E-state index contributed by atoms with van der Waals surface area (Å²) in [6.07, 6.45) is -1.17. The molecule has 0 unspecified atom stereocenters. The van der Waals surface area contributed by atoms with Crippen molar-refractivity contribution in [1.82, 2.24) is 9.80 Å². The van der Waals surface area contributed by atoms with Gasteiger partial charge in [0, 0.05) is 39.5 Å². The first kappa shape index (κ1) is 27.9. The van der Waals surface area contributed by atoms with Crippen LogP contribution in [0.3, 0.4) is 0 Å². The Balaban J connectivity index is 1.71. The molecule has 0 saturated carbocycles. The highest BCUT2D eigenvalue weighted by Crippen LogP contribution is 2.48. The maximum absolute atomic E-state index is 13.7. The molecule has 5 atom stereocenters. The summed E-state index contributed by atoms with van der Waals surface area (Å²) in [6.45, 7) is 6.23. The molecular weight excluding hydrogens is 520 g/mol. The normalized spacial score (nSPS) is 31.4. The van der Waals surface area contributed by atoms with E-state index in [0.29, 0.717) is 5.57 Å². The van der Waals surface area contributed by atoms with Crippen LogP contribution in [-0.2, 0) is 38.2 Å². The van der Waals surface area contributed by atoms with Crippen LogP contribution in [-0.4, -0.2) is 95.9 Å². The molecule has 0 spiro atoms. The highest BCUT2D eigenvalue weighted by Gasteiger charge is 2.60. The fourth-order valence-electron chi connectivity index (χ4n) is 6.65. The number of rotatable bonds is 4. The van der Waals surface area contributed by atoms with Crippen LogP contribution >= 0.6 is 0 Å².